The third-order valence-electron chi connectivity index (χ3n) is 8.34. The molecule has 2 aliphatic rings. The molecule has 3 aromatic carbocycles. The van der Waals surface area contributed by atoms with Crippen LogP contribution in [0.1, 0.15) is 38.7 Å². The molecule has 2 unspecified atom stereocenters. The summed E-state index contributed by atoms with van der Waals surface area (Å²) in [5.41, 5.74) is 1.54. The van der Waals surface area contributed by atoms with Gasteiger partial charge in [0.15, 0.2) is 0 Å². The van der Waals surface area contributed by atoms with Crippen LogP contribution < -0.4 is 26.7 Å². The van der Waals surface area contributed by atoms with Crippen LogP contribution in [0, 0.1) is 11.7 Å². The van der Waals surface area contributed by atoms with Gasteiger partial charge in [-0.05, 0) is 60.9 Å². The highest BCUT2D eigenvalue weighted by molar-refractivity contribution is 6.09. The molecule has 2 amide bonds. The van der Waals surface area contributed by atoms with Gasteiger partial charge in [0.05, 0.1) is 17.1 Å². The van der Waals surface area contributed by atoms with Crippen molar-refractivity contribution < 1.29 is 18.4 Å². The van der Waals surface area contributed by atoms with Gasteiger partial charge in [0.25, 0.3) is 17.4 Å². The Balaban J connectivity index is 1.25. The number of anilines is 3. The fourth-order valence-electron chi connectivity index (χ4n) is 6.31. The van der Waals surface area contributed by atoms with Crippen LogP contribution in [0.2, 0.25) is 0 Å². The van der Waals surface area contributed by atoms with E-state index in [1.807, 2.05) is 10.6 Å². The van der Waals surface area contributed by atoms with E-state index in [1.54, 1.807) is 54.6 Å². The van der Waals surface area contributed by atoms with E-state index in [2.05, 4.69) is 15.5 Å². The molecule has 1 fully saturated rings. The number of amides is 2. The van der Waals surface area contributed by atoms with Gasteiger partial charge < -0.3 is 24.5 Å². The van der Waals surface area contributed by atoms with E-state index in [9.17, 15) is 23.6 Å². The lowest BCUT2D eigenvalue weighted by molar-refractivity contribution is 0.101. The topological polar surface area (TPSA) is 114 Å². The Labute approximate surface area is 250 Å². The second-order valence-electron chi connectivity index (χ2n) is 11.2. The maximum atomic E-state index is 14.3. The predicted molar refractivity (Wildman–Crippen MR) is 165 cm³/mol. The number of carbonyl (C=O) groups is 2. The van der Waals surface area contributed by atoms with Crippen molar-refractivity contribution in [1.29, 1.82) is 0 Å². The standard InChI is InChI=1S/C34H27FN4O5/c35-25-7-2-3-8-26(25)36-32(41)22-12-13-29(38-17-20-14-23(19-38)28-9-5-11-31(40)39(28)18-20)27(16-22)37-33(42)24-15-21-6-1-4-10-30(21)44-34(24)43/h1-13,15-16,20,23H,14,17-19H2,(H,36,41)(H,37,42). The number of para-hydroxylation sites is 2. The first kappa shape index (κ1) is 27.3. The molecule has 1 saturated heterocycles. The van der Waals surface area contributed by atoms with E-state index in [0.717, 1.165) is 12.1 Å². The van der Waals surface area contributed by atoms with Gasteiger partial charge in [-0.1, -0.05) is 36.4 Å². The van der Waals surface area contributed by atoms with Gasteiger partial charge in [0.1, 0.15) is 17.0 Å². The number of carbonyl (C=O) groups excluding carboxylic acids is 2. The number of nitrogens with zero attached hydrogens (tertiary/aromatic N) is 2. The molecule has 220 valence electrons. The Hall–Kier alpha value is -5.51. The van der Waals surface area contributed by atoms with Gasteiger partial charge in [0.2, 0.25) is 0 Å². The summed E-state index contributed by atoms with van der Waals surface area (Å²) in [7, 11) is 0. The molecule has 5 aromatic rings. The summed E-state index contributed by atoms with van der Waals surface area (Å²) in [6, 6.07) is 24.4. The van der Waals surface area contributed by atoms with Crippen molar-refractivity contribution in [3.05, 3.63) is 134 Å². The van der Waals surface area contributed by atoms with Crippen molar-refractivity contribution in [3.63, 3.8) is 0 Å². The van der Waals surface area contributed by atoms with Crippen LogP contribution in [0.4, 0.5) is 21.5 Å². The summed E-state index contributed by atoms with van der Waals surface area (Å²) < 4.78 is 21.5. The van der Waals surface area contributed by atoms with E-state index >= 15 is 0 Å². The molecule has 4 heterocycles. The first-order valence-electron chi connectivity index (χ1n) is 14.3. The van der Waals surface area contributed by atoms with Crippen molar-refractivity contribution >= 4 is 39.8 Å². The summed E-state index contributed by atoms with van der Waals surface area (Å²) in [5.74, 6) is -1.54. The highest BCUT2D eigenvalue weighted by atomic mass is 19.1. The molecule has 2 bridgehead atoms. The molecular formula is C34H27FN4O5. The Kier molecular flexibility index (Phi) is 6.81. The zero-order valence-corrected chi connectivity index (χ0v) is 23.5. The summed E-state index contributed by atoms with van der Waals surface area (Å²) >= 11 is 0. The number of piperidine rings is 1. The minimum Gasteiger partial charge on any atom is -0.422 e. The third kappa shape index (κ3) is 5.04. The lowest BCUT2D eigenvalue weighted by Gasteiger charge is -2.44. The molecule has 0 saturated carbocycles. The lowest BCUT2D eigenvalue weighted by Crippen LogP contribution is -2.47. The fourth-order valence-corrected chi connectivity index (χ4v) is 6.31. The average molecular weight is 591 g/mol. The van der Waals surface area contributed by atoms with Crippen LogP contribution in [-0.4, -0.2) is 29.5 Å². The average Bonchev–Trinajstić information content (AvgIpc) is 3.02. The van der Waals surface area contributed by atoms with E-state index in [0.29, 0.717) is 42.0 Å². The van der Waals surface area contributed by atoms with Gasteiger partial charge in [-0.25, -0.2) is 9.18 Å². The number of rotatable bonds is 5. The van der Waals surface area contributed by atoms with Crippen LogP contribution in [-0.2, 0) is 6.54 Å². The quantitative estimate of drug-likeness (QED) is 0.271. The Bertz CT molecular complexity index is 2070. The smallest absolute Gasteiger partial charge is 0.349 e. The molecule has 0 radical (unpaired) electrons. The number of aromatic nitrogens is 1. The Morgan fingerprint density at radius 2 is 1.59 bits per heavy atom. The molecule has 10 heteroatoms. The first-order valence-corrected chi connectivity index (χ1v) is 14.3. The molecule has 2 aromatic heterocycles. The van der Waals surface area contributed by atoms with E-state index in [-0.39, 0.29) is 34.2 Å². The predicted octanol–water partition coefficient (Wildman–Crippen LogP) is 5.22. The molecule has 0 aliphatic carbocycles. The van der Waals surface area contributed by atoms with E-state index < -0.39 is 23.3 Å². The zero-order valence-electron chi connectivity index (χ0n) is 23.5. The second-order valence-corrected chi connectivity index (χ2v) is 11.2. The van der Waals surface area contributed by atoms with Gasteiger partial charge in [-0.2, -0.15) is 0 Å². The van der Waals surface area contributed by atoms with Crippen LogP contribution >= 0.6 is 0 Å². The summed E-state index contributed by atoms with van der Waals surface area (Å²) in [5, 5.41) is 6.01. The molecule has 2 N–H and O–H groups in total. The number of nitrogens with one attached hydrogen (secondary N) is 2. The molecule has 2 atom stereocenters. The number of benzene rings is 3. The highest BCUT2D eigenvalue weighted by Crippen LogP contribution is 2.39. The maximum Gasteiger partial charge on any atom is 0.349 e. The molecule has 44 heavy (non-hydrogen) atoms. The molecule has 7 rings (SSSR count). The second kappa shape index (κ2) is 11.0. The first-order chi connectivity index (χ1) is 21.3. The minimum absolute atomic E-state index is 0.0157. The molecule has 0 spiro atoms. The normalized spacial score (nSPS) is 17.2. The van der Waals surface area contributed by atoms with Crippen molar-refractivity contribution in [2.45, 2.75) is 18.9 Å². The van der Waals surface area contributed by atoms with Crippen molar-refractivity contribution in [2.75, 3.05) is 28.6 Å². The van der Waals surface area contributed by atoms with Crippen molar-refractivity contribution in [1.82, 2.24) is 4.57 Å². The highest BCUT2D eigenvalue weighted by Gasteiger charge is 2.35. The van der Waals surface area contributed by atoms with Crippen molar-refractivity contribution in [2.24, 2.45) is 5.92 Å². The van der Waals surface area contributed by atoms with Crippen LogP contribution in [0.3, 0.4) is 0 Å². The van der Waals surface area contributed by atoms with Gasteiger partial charge in [-0.3, -0.25) is 14.4 Å². The largest absolute Gasteiger partial charge is 0.422 e. The number of pyridine rings is 1. The molecule has 9 nitrogen and oxygen atoms in total. The molecular weight excluding hydrogens is 563 g/mol. The lowest BCUT2D eigenvalue weighted by atomic mass is 9.83. The zero-order chi connectivity index (χ0) is 30.4. The number of halogens is 1. The number of hydrogen-bond donors (Lipinski definition) is 2. The third-order valence-corrected chi connectivity index (χ3v) is 8.34. The maximum absolute atomic E-state index is 14.3. The number of hydrogen-bond acceptors (Lipinski definition) is 6. The van der Waals surface area contributed by atoms with Crippen LogP contribution in [0.15, 0.2) is 105 Å². The fraction of sp³-hybridized carbons (Fsp3) is 0.176. The Morgan fingerprint density at radius 1 is 0.795 bits per heavy atom. The van der Waals surface area contributed by atoms with Gasteiger partial charge >= 0.3 is 5.63 Å². The monoisotopic (exact) mass is 590 g/mol. The van der Waals surface area contributed by atoms with Crippen LogP contribution in [0.5, 0.6) is 0 Å². The Morgan fingerprint density at radius 3 is 2.45 bits per heavy atom. The minimum atomic E-state index is -0.786. The van der Waals surface area contributed by atoms with Gasteiger partial charge in [0, 0.05) is 48.3 Å². The van der Waals surface area contributed by atoms with E-state index in [1.165, 1.54) is 30.3 Å². The van der Waals surface area contributed by atoms with Crippen molar-refractivity contribution in [3.8, 4) is 0 Å². The van der Waals surface area contributed by atoms with E-state index in [4.69, 9.17) is 4.42 Å². The summed E-state index contributed by atoms with van der Waals surface area (Å²) in [4.78, 5) is 54.2. The number of fused-ring (bicyclic) bond motifs is 5. The SMILES string of the molecule is O=C(Nc1ccccc1F)c1ccc(N2CC3CC(C2)c2cccc(=O)n2C3)c(NC(=O)c2cc3ccccc3oc2=O)c1. The van der Waals surface area contributed by atoms with Gasteiger partial charge in [-0.15, -0.1) is 0 Å². The molecule has 2 aliphatic heterocycles. The summed E-state index contributed by atoms with van der Waals surface area (Å²) in [6.45, 7) is 1.80. The van der Waals surface area contributed by atoms with Crippen LogP contribution in [0.25, 0.3) is 11.0 Å². The summed E-state index contributed by atoms with van der Waals surface area (Å²) in [6.07, 6.45) is 0.933.